The first-order valence-corrected chi connectivity index (χ1v) is 10.4. The van der Waals surface area contributed by atoms with Crippen molar-refractivity contribution in [3.8, 4) is 11.8 Å². The van der Waals surface area contributed by atoms with Crippen molar-refractivity contribution >= 4 is 17.6 Å². The van der Waals surface area contributed by atoms with E-state index in [9.17, 15) is 9.59 Å². The third-order valence-electron chi connectivity index (χ3n) is 4.34. The summed E-state index contributed by atoms with van der Waals surface area (Å²) in [6.07, 6.45) is 3.20. The second-order valence-corrected chi connectivity index (χ2v) is 6.78. The number of esters is 2. The highest BCUT2D eigenvalue weighted by Gasteiger charge is 2.19. The average molecular weight is 408 g/mol. The maximum absolute atomic E-state index is 12.1. The van der Waals surface area contributed by atoms with Gasteiger partial charge in [-0.05, 0) is 63.1 Å². The van der Waals surface area contributed by atoms with E-state index in [2.05, 4.69) is 17.2 Å². The summed E-state index contributed by atoms with van der Waals surface area (Å²) in [5.41, 5.74) is 2.39. The molecular formula is C25H29NO4. The van der Waals surface area contributed by atoms with Crippen molar-refractivity contribution in [3.05, 3.63) is 65.7 Å². The zero-order valence-electron chi connectivity index (χ0n) is 17.6. The number of benzene rings is 2. The van der Waals surface area contributed by atoms with Gasteiger partial charge in [0.15, 0.2) is 6.10 Å². The largest absolute Gasteiger partial charge is 0.463 e. The molecule has 30 heavy (non-hydrogen) atoms. The van der Waals surface area contributed by atoms with Crippen molar-refractivity contribution in [2.75, 3.05) is 18.5 Å². The summed E-state index contributed by atoms with van der Waals surface area (Å²) in [5.74, 6) is 5.29. The number of rotatable bonds is 10. The van der Waals surface area contributed by atoms with Crippen LogP contribution in [0.2, 0.25) is 0 Å². The van der Waals surface area contributed by atoms with Gasteiger partial charge in [-0.1, -0.05) is 36.5 Å². The molecule has 2 aromatic rings. The van der Waals surface area contributed by atoms with E-state index in [1.807, 2.05) is 42.5 Å². The number of hydrogen-bond donors (Lipinski definition) is 1. The molecule has 0 spiro atoms. The highest BCUT2D eigenvalue weighted by molar-refractivity contribution is 5.91. The van der Waals surface area contributed by atoms with Crippen LogP contribution in [-0.2, 0) is 14.3 Å². The molecule has 1 N–H and O–H groups in total. The fourth-order valence-electron chi connectivity index (χ4n) is 2.69. The van der Waals surface area contributed by atoms with E-state index in [1.165, 1.54) is 6.92 Å². The lowest BCUT2D eigenvalue weighted by Crippen LogP contribution is -2.26. The molecule has 0 aliphatic rings. The van der Waals surface area contributed by atoms with Gasteiger partial charge in [0.25, 0.3) is 0 Å². The van der Waals surface area contributed by atoms with Crippen molar-refractivity contribution in [2.45, 2.75) is 45.6 Å². The lowest BCUT2D eigenvalue weighted by molar-refractivity contribution is -0.152. The van der Waals surface area contributed by atoms with E-state index >= 15 is 0 Å². The Morgan fingerprint density at radius 2 is 1.73 bits per heavy atom. The van der Waals surface area contributed by atoms with Crippen LogP contribution in [0.4, 0.5) is 5.69 Å². The molecule has 5 nitrogen and oxygen atoms in total. The number of ether oxygens (including phenoxy) is 2. The molecule has 158 valence electrons. The second-order valence-electron chi connectivity index (χ2n) is 6.78. The molecule has 0 saturated heterocycles. The first-order valence-electron chi connectivity index (χ1n) is 10.4. The second kappa shape index (κ2) is 13.1. The number of hydrogen-bond acceptors (Lipinski definition) is 5. The van der Waals surface area contributed by atoms with Crippen LogP contribution in [0.25, 0.3) is 0 Å². The molecule has 0 heterocycles. The van der Waals surface area contributed by atoms with Gasteiger partial charge in [0, 0.05) is 24.2 Å². The SMILES string of the molecule is CCOC(=O)C(C)OC(=O)c1ccc(NCCCCCC#Cc2ccccc2)cc1. The maximum Gasteiger partial charge on any atom is 0.347 e. The van der Waals surface area contributed by atoms with Crippen LogP contribution in [0.15, 0.2) is 54.6 Å². The third-order valence-corrected chi connectivity index (χ3v) is 4.34. The zero-order valence-corrected chi connectivity index (χ0v) is 17.6. The molecule has 0 amide bonds. The highest BCUT2D eigenvalue weighted by atomic mass is 16.6. The van der Waals surface area contributed by atoms with Crippen LogP contribution in [0.3, 0.4) is 0 Å². The van der Waals surface area contributed by atoms with Crippen LogP contribution < -0.4 is 5.32 Å². The van der Waals surface area contributed by atoms with Crippen molar-refractivity contribution in [1.29, 1.82) is 0 Å². The van der Waals surface area contributed by atoms with E-state index < -0.39 is 18.0 Å². The van der Waals surface area contributed by atoms with Gasteiger partial charge in [0.1, 0.15) is 0 Å². The maximum atomic E-state index is 12.1. The predicted molar refractivity (Wildman–Crippen MR) is 118 cm³/mol. The third kappa shape index (κ3) is 8.40. The van der Waals surface area contributed by atoms with Crippen LogP contribution in [0.1, 0.15) is 55.5 Å². The quantitative estimate of drug-likeness (QED) is 0.348. The molecule has 0 bridgehead atoms. The molecule has 5 heteroatoms. The number of nitrogens with one attached hydrogen (secondary N) is 1. The summed E-state index contributed by atoms with van der Waals surface area (Å²) in [6, 6.07) is 17.0. The minimum Gasteiger partial charge on any atom is -0.463 e. The van der Waals surface area contributed by atoms with Crippen molar-refractivity contribution in [1.82, 2.24) is 0 Å². The van der Waals surface area contributed by atoms with E-state index in [0.29, 0.717) is 5.56 Å². The predicted octanol–water partition coefficient (Wildman–Crippen LogP) is 4.82. The number of carbonyl (C=O) groups is 2. The molecule has 0 aliphatic carbocycles. The fraction of sp³-hybridized carbons (Fsp3) is 0.360. The van der Waals surface area contributed by atoms with Crippen molar-refractivity contribution in [3.63, 3.8) is 0 Å². The van der Waals surface area contributed by atoms with E-state index in [1.54, 1.807) is 19.1 Å². The van der Waals surface area contributed by atoms with Gasteiger partial charge < -0.3 is 14.8 Å². The zero-order chi connectivity index (χ0) is 21.6. The van der Waals surface area contributed by atoms with Crippen LogP contribution in [-0.4, -0.2) is 31.2 Å². The standard InChI is InChI=1S/C25H29NO4/c1-3-29-24(27)20(2)30-25(28)22-15-17-23(18-16-22)26-19-11-6-4-5-8-12-21-13-9-7-10-14-21/h7,9-10,13-18,20,26H,3-6,11,19H2,1-2H3. The smallest absolute Gasteiger partial charge is 0.347 e. The lowest BCUT2D eigenvalue weighted by atomic mass is 10.1. The number of unbranched alkanes of at least 4 members (excludes halogenated alkanes) is 3. The molecule has 0 radical (unpaired) electrons. The molecule has 0 aromatic heterocycles. The highest BCUT2D eigenvalue weighted by Crippen LogP contribution is 2.12. The molecular weight excluding hydrogens is 378 g/mol. The topological polar surface area (TPSA) is 64.6 Å². The molecule has 0 saturated carbocycles. The normalized spacial score (nSPS) is 11.0. The van der Waals surface area contributed by atoms with E-state index in [0.717, 1.165) is 43.5 Å². The first kappa shape index (κ1) is 23.0. The fourth-order valence-corrected chi connectivity index (χ4v) is 2.69. The lowest BCUT2D eigenvalue weighted by Gasteiger charge is -2.12. The van der Waals surface area contributed by atoms with Gasteiger partial charge in [-0.2, -0.15) is 0 Å². The van der Waals surface area contributed by atoms with Gasteiger partial charge in [-0.15, -0.1) is 0 Å². The monoisotopic (exact) mass is 407 g/mol. The number of carbonyl (C=O) groups excluding carboxylic acids is 2. The first-order chi connectivity index (χ1) is 14.6. The summed E-state index contributed by atoms with van der Waals surface area (Å²) in [6.45, 7) is 4.31. The summed E-state index contributed by atoms with van der Waals surface area (Å²) in [7, 11) is 0. The van der Waals surface area contributed by atoms with E-state index in [-0.39, 0.29) is 6.61 Å². The average Bonchev–Trinajstić information content (AvgIpc) is 2.76. The molecule has 2 aromatic carbocycles. The molecule has 1 atom stereocenters. The van der Waals surface area contributed by atoms with Gasteiger partial charge in [0.05, 0.1) is 12.2 Å². The Labute approximate surface area is 178 Å². The summed E-state index contributed by atoms with van der Waals surface area (Å²) >= 11 is 0. The van der Waals surface area contributed by atoms with Crippen LogP contribution in [0.5, 0.6) is 0 Å². The Kier molecular flexibility index (Phi) is 10.0. The summed E-state index contributed by atoms with van der Waals surface area (Å²) in [5, 5.41) is 3.34. The Hall–Kier alpha value is -3.26. The minimum atomic E-state index is -0.923. The minimum absolute atomic E-state index is 0.252. The van der Waals surface area contributed by atoms with Gasteiger partial charge in [0.2, 0.25) is 0 Å². The van der Waals surface area contributed by atoms with E-state index in [4.69, 9.17) is 9.47 Å². The molecule has 2 rings (SSSR count). The van der Waals surface area contributed by atoms with Gasteiger partial charge >= 0.3 is 11.9 Å². The van der Waals surface area contributed by atoms with Gasteiger partial charge in [-0.3, -0.25) is 0 Å². The number of anilines is 1. The molecule has 0 fully saturated rings. The Morgan fingerprint density at radius 3 is 2.43 bits per heavy atom. The van der Waals surface area contributed by atoms with Crippen molar-refractivity contribution < 1.29 is 19.1 Å². The molecule has 1 unspecified atom stereocenters. The summed E-state index contributed by atoms with van der Waals surface area (Å²) < 4.78 is 9.95. The Bertz CT molecular complexity index is 850. The summed E-state index contributed by atoms with van der Waals surface area (Å²) in [4.78, 5) is 23.6. The van der Waals surface area contributed by atoms with Gasteiger partial charge in [-0.25, -0.2) is 9.59 Å². The van der Waals surface area contributed by atoms with Crippen molar-refractivity contribution in [2.24, 2.45) is 0 Å². The molecule has 0 aliphatic heterocycles. The van der Waals surface area contributed by atoms with Crippen LogP contribution >= 0.6 is 0 Å². The van der Waals surface area contributed by atoms with Crippen LogP contribution in [0, 0.1) is 11.8 Å². The Balaban J connectivity index is 1.63. The Morgan fingerprint density at radius 1 is 1.00 bits per heavy atom.